The van der Waals surface area contributed by atoms with Gasteiger partial charge in [0.15, 0.2) is 0 Å². The third kappa shape index (κ3) is 2.31. The van der Waals surface area contributed by atoms with Crippen LogP contribution < -0.4 is 4.74 Å². The number of nitrogens with zero attached hydrogens (tertiary/aromatic N) is 2. The molecule has 0 amide bonds. The van der Waals surface area contributed by atoms with Crippen molar-refractivity contribution in [2.24, 2.45) is 5.10 Å². The highest BCUT2D eigenvalue weighted by Crippen LogP contribution is 2.48. The van der Waals surface area contributed by atoms with E-state index in [0.29, 0.717) is 0 Å². The largest absolute Gasteiger partial charge is 0.507 e. The van der Waals surface area contributed by atoms with E-state index in [4.69, 9.17) is 9.84 Å². The number of phenolic OH excluding ortho intramolecular Hbond substituents is 1. The predicted molar refractivity (Wildman–Crippen MR) is 98.0 cm³/mol. The highest BCUT2D eigenvalue weighted by molar-refractivity contribution is 7.07. The van der Waals surface area contributed by atoms with E-state index < -0.39 is 0 Å². The van der Waals surface area contributed by atoms with Crippen LogP contribution in [0.15, 0.2) is 70.5 Å². The number of aromatic hydroxyl groups is 1. The first-order valence-corrected chi connectivity index (χ1v) is 9.17. The van der Waals surface area contributed by atoms with Gasteiger partial charge in [0, 0.05) is 23.1 Å². The molecule has 0 bridgehead atoms. The summed E-state index contributed by atoms with van der Waals surface area (Å²) in [7, 11) is 0. The molecule has 0 radical (unpaired) electrons. The fourth-order valence-electron chi connectivity index (χ4n) is 3.55. The molecular weight excluding hydrogens is 332 g/mol. The number of ether oxygens (including phenoxy) is 1. The monoisotopic (exact) mass is 348 g/mol. The van der Waals surface area contributed by atoms with Crippen LogP contribution in [0.25, 0.3) is 0 Å². The predicted octanol–water partition coefficient (Wildman–Crippen LogP) is 4.70. The molecule has 2 aliphatic heterocycles. The quantitative estimate of drug-likeness (QED) is 0.730. The van der Waals surface area contributed by atoms with Crippen LogP contribution in [0.3, 0.4) is 0 Å². The lowest BCUT2D eigenvalue weighted by atomic mass is 9.96. The molecule has 1 aromatic heterocycles. The number of thiophene rings is 1. The van der Waals surface area contributed by atoms with Gasteiger partial charge in [0.25, 0.3) is 0 Å². The molecule has 0 spiro atoms. The maximum Gasteiger partial charge on any atom is 0.214 e. The van der Waals surface area contributed by atoms with Gasteiger partial charge in [-0.25, -0.2) is 5.01 Å². The number of rotatable bonds is 2. The molecule has 4 nitrogen and oxygen atoms in total. The molecule has 25 heavy (non-hydrogen) atoms. The standard InChI is InChI=1S/C20H16N2O2S/c23-18-7-3-1-5-14(18)16-11-17-15-6-2-4-8-19(15)24-20(22(17)21-16)13-9-10-25-12-13/h1-10,12,17,20,23H,11H2/t17-,20+/m0/s1. The first-order chi connectivity index (χ1) is 12.3. The van der Waals surface area contributed by atoms with Gasteiger partial charge in [0.1, 0.15) is 11.5 Å². The molecule has 1 N–H and O–H groups in total. The third-order valence-electron chi connectivity index (χ3n) is 4.74. The van der Waals surface area contributed by atoms with E-state index in [1.165, 1.54) is 0 Å². The second kappa shape index (κ2) is 5.63. The Labute approximate surface area is 149 Å². The zero-order valence-corrected chi connectivity index (χ0v) is 14.2. The Morgan fingerprint density at radius 1 is 1.08 bits per heavy atom. The van der Waals surface area contributed by atoms with Crippen molar-refractivity contribution >= 4 is 17.0 Å². The molecule has 0 fully saturated rings. The fourth-order valence-corrected chi connectivity index (χ4v) is 4.22. The van der Waals surface area contributed by atoms with Crippen molar-refractivity contribution in [1.29, 1.82) is 0 Å². The number of hydrogen-bond donors (Lipinski definition) is 1. The summed E-state index contributed by atoms with van der Waals surface area (Å²) >= 11 is 1.65. The summed E-state index contributed by atoms with van der Waals surface area (Å²) in [5.74, 6) is 1.18. The maximum absolute atomic E-state index is 10.2. The Kier molecular flexibility index (Phi) is 3.28. The molecule has 5 heteroatoms. The van der Waals surface area contributed by atoms with Gasteiger partial charge in [-0.15, -0.1) is 0 Å². The Morgan fingerprint density at radius 3 is 2.76 bits per heavy atom. The molecule has 124 valence electrons. The van der Waals surface area contributed by atoms with Gasteiger partial charge in [0.2, 0.25) is 6.23 Å². The number of benzene rings is 2. The summed E-state index contributed by atoms with van der Waals surface area (Å²) in [5, 5.41) is 21.3. The molecule has 3 aromatic rings. The van der Waals surface area contributed by atoms with E-state index in [1.54, 1.807) is 17.4 Å². The first-order valence-electron chi connectivity index (χ1n) is 8.23. The maximum atomic E-state index is 10.2. The van der Waals surface area contributed by atoms with Crippen molar-refractivity contribution in [2.75, 3.05) is 0 Å². The van der Waals surface area contributed by atoms with Crippen LogP contribution in [0.2, 0.25) is 0 Å². The van der Waals surface area contributed by atoms with E-state index in [1.807, 2.05) is 41.4 Å². The summed E-state index contributed by atoms with van der Waals surface area (Å²) < 4.78 is 6.27. The van der Waals surface area contributed by atoms with Crippen LogP contribution in [-0.4, -0.2) is 15.8 Å². The molecule has 0 saturated heterocycles. The zero-order valence-electron chi connectivity index (χ0n) is 13.4. The molecule has 2 aromatic carbocycles. The van der Waals surface area contributed by atoms with E-state index in [-0.39, 0.29) is 18.0 Å². The summed E-state index contributed by atoms with van der Waals surface area (Å²) in [5.41, 5.74) is 3.93. The minimum Gasteiger partial charge on any atom is -0.507 e. The van der Waals surface area contributed by atoms with Crippen LogP contribution >= 0.6 is 11.3 Å². The molecule has 0 aliphatic carbocycles. The Morgan fingerprint density at radius 2 is 1.92 bits per heavy atom. The topological polar surface area (TPSA) is 45.1 Å². The van der Waals surface area contributed by atoms with Gasteiger partial charge in [-0.3, -0.25) is 0 Å². The van der Waals surface area contributed by atoms with Crippen molar-refractivity contribution in [3.8, 4) is 11.5 Å². The second-order valence-corrected chi connectivity index (χ2v) is 7.01. The molecule has 2 atom stereocenters. The molecule has 5 rings (SSSR count). The number of phenols is 1. The number of hydrogen-bond acceptors (Lipinski definition) is 5. The van der Waals surface area contributed by atoms with Crippen LogP contribution in [0, 0.1) is 0 Å². The summed E-state index contributed by atoms with van der Waals surface area (Å²) in [6.07, 6.45) is 0.507. The van der Waals surface area contributed by atoms with Gasteiger partial charge < -0.3 is 9.84 Å². The number of hydrazone groups is 1. The lowest BCUT2D eigenvalue weighted by Crippen LogP contribution is -2.33. The highest BCUT2D eigenvalue weighted by atomic mass is 32.1. The molecule has 0 unspecified atom stereocenters. The molecule has 3 heterocycles. The molecule has 0 saturated carbocycles. The van der Waals surface area contributed by atoms with Gasteiger partial charge in [-0.1, -0.05) is 30.3 Å². The number of para-hydroxylation sites is 2. The van der Waals surface area contributed by atoms with Crippen molar-refractivity contribution in [1.82, 2.24) is 5.01 Å². The van der Waals surface area contributed by atoms with E-state index in [0.717, 1.165) is 34.6 Å². The van der Waals surface area contributed by atoms with Crippen molar-refractivity contribution < 1.29 is 9.84 Å². The van der Waals surface area contributed by atoms with Gasteiger partial charge in [0.05, 0.1) is 11.8 Å². The third-order valence-corrected chi connectivity index (χ3v) is 5.44. The van der Waals surface area contributed by atoms with Crippen LogP contribution in [0.4, 0.5) is 0 Å². The van der Waals surface area contributed by atoms with E-state index >= 15 is 0 Å². The smallest absolute Gasteiger partial charge is 0.214 e. The van der Waals surface area contributed by atoms with Crippen molar-refractivity contribution in [3.05, 3.63) is 82.0 Å². The van der Waals surface area contributed by atoms with E-state index in [2.05, 4.69) is 22.9 Å². The molecular formula is C20H16N2O2S. The zero-order chi connectivity index (χ0) is 16.8. The fraction of sp³-hybridized carbons (Fsp3) is 0.150. The van der Waals surface area contributed by atoms with Crippen LogP contribution in [0.5, 0.6) is 11.5 Å². The highest BCUT2D eigenvalue weighted by Gasteiger charge is 2.41. The summed E-state index contributed by atoms with van der Waals surface area (Å²) in [4.78, 5) is 0. The Hall–Kier alpha value is -2.79. The lowest BCUT2D eigenvalue weighted by molar-refractivity contribution is -0.0187. The average Bonchev–Trinajstić information content (AvgIpc) is 3.31. The van der Waals surface area contributed by atoms with Crippen LogP contribution in [0.1, 0.15) is 35.4 Å². The van der Waals surface area contributed by atoms with Gasteiger partial charge in [-0.05, 0) is 35.0 Å². The Bertz CT molecular complexity index is 952. The first kappa shape index (κ1) is 14.5. The SMILES string of the molecule is Oc1ccccc1C1=NN2[C@@H](c3ccsc3)Oc3ccccc3[C@@H]2C1. The number of fused-ring (bicyclic) bond motifs is 3. The minimum absolute atomic E-state index is 0.115. The van der Waals surface area contributed by atoms with Crippen molar-refractivity contribution in [2.45, 2.75) is 18.7 Å². The lowest BCUT2D eigenvalue weighted by Gasteiger charge is -2.37. The normalized spacial score (nSPS) is 21.3. The molecule has 2 aliphatic rings. The van der Waals surface area contributed by atoms with Crippen molar-refractivity contribution in [3.63, 3.8) is 0 Å². The van der Waals surface area contributed by atoms with Gasteiger partial charge >= 0.3 is 0 Å². The summed E-state index contributed by atoms with van der Waals surface area (Å²) in [6.45, 7) is 0. The second-order valence-electron chi connectivity index (χ2n) is 6.23. The minimum atomic E-state index is -0.241. The van der Waals surface area contributed by atoms with Crippen LogP contribution in [-0.2, 0) is 0 Å². The van der Waals surface area contributed by atoms with E-state index in [9.17, 15) is 5.11 Å². The average molecular weight is 348 g/mol. The Balaban J connectivity index is 1.62. The summed E-state index contributed by atoms with van der Waals surface area (Å²) in [6, 6.07) is 17.7. The van der Waals surface area contributed by atoms with Gasteiger partial charge in [-0.2, -0.15) is 16.4 Å².